The second kappa shape index (κ2) is 15.7. The third-order valence-corrected chi connectivity index (χ3v) is 10.9. The Bertz CT molecular complexity index is 1510. The molecule has 1 fully saturated rings. The van der Waals surface area contributed by atoms with Crippen LogP contribution in [0.3, 0.4) is 0 Å². The number of rotatable bonds is 14. The molecule has 11 nitrogen and oxygen atoms in total. The van der Waals surface area contributed by atoms with Crippen molar-refractivity contribution >= 4 is 65.1 Å². The predicted molar refractivity (Wildman–Crippen MR) is 172 cm³/mol. The molecule has 2 aromatic carbocycles. The SMILES string of the molecule is NC(=O)[C@H](Cc1ccc2ccccc2c1)NC(=O)[C@@H]1CCCCN1C(=O)[C@H](CSCP(=O)(O)O)NC(=O)CCc1cccs1. The highest BCUT2D eigenvalue weighted by Gasteiger charge is 2.37. The van der Waals surface area contributed by atoms with Crippen molar-refractivity contribution in [2.75, 3.05) is 17.8 Å². The lowest BCUT2D eigenvalue weighted by Crippen LogP contribution is -2.60. The molecule has 6 N–H and O–H groups in total. The van der Waals surface area contributed by atoms with E-state index in [1.54, 1.807) is 0 Å². The van der Waals surface area contributed by atoms with Gasteiger partial charge in [0.25, 0.3) is 0 Å². The van der Waals surface area contributed by atoms with E-state index in [0.29, 0.717) is 25.7 Å². The van der Waals surface area contributed by atoms with E-state index in [1.165, 1.54) is 16.2 Å². The van der Waals surface area contributed by atoms with Gasteiger partial charge < -0.3 is 31.1 Å². The van der Waals surface area contributed by atoms with Gasteiger partial charge in [-0.2, -0.15) is 0 Å². The number of aryl methyl sites for hydroxylation is 1. The summed E-state index contributed by atoms with van der Waals surface area (Å²) in [4.78, 5) is 73.6. The van der Waals surface area contributed by atoms with Crippen molar-refractivity contribution in [2.45, 2.75) is 56.7 Å². The van der Waals surface area contributed by atoms with Crippen LogP contribution in [0.25, 0.3) is 10.8 Å². The van der Waals surface area contributed by atoms with Crippen LogP contribution in [-0.2, 0) is 36.6 Å². The molecule has 236 valence electrons. The number of primary amides is 1. The van der Waals surface area contributed by atoms with Crippen molar-refractivity contribution in [3.63, 3.8) is 0 Å². The maximum absolute atomic E-state index is 13.8. The lowest BCUT2D eigenvalue weighted by molar-refractivity contribution is -0.145. The first-order chi connectivity index (χ1) is 21.0. The van der Waals surface area contributed by atoms with Crippen molar-refractivity contribution in [2.24, 2.45) is 5.73 Å². The van der Waals surface area contributed by atoms with Crippen molar-refractivity contribution in [1.82, 2.24) is 15.5 Å². The monoisotopic (exact) mass is 660 g/mol. The van der Waals surface area contributed by atoms with Gasteiger partial charge in [-0.3, -0.25) is 23.7 Å². The van der Waals surface area contributed by atoms with Gasteiger partial charge in [-0.05, 0) is 53.5 Å². The zero-order chi connectivity index (χ0) is 31.7. The number of piperidine rings is 1. The number of hydrogen-bond acceptors (Lipinski definition) is 7. The van der Waals surface area contributed by atoms with E-state index in [4.69, 9.17) is 5.73 Å². The summed E-state index contributed by atoms with van der Waals surface area (Å²) >= 11 is 2.38. The number of thioether (sulfide) groups is 1. The van der Waals surface area contributed by atoms with E-state index in [2.05, 4.69) is 10.6 Å². The fourth-order valence-electron chi connectivity index (χ4n) is 5.18. The highest BCUT2D eigenvalue weighted by Crippen LogP contribution is 2.38. The Hall–Kier alpha value is -3.22. The lowest BCUT2D eigenvalue weighted by Gasteiger charge is -2.37. The van der Waals surface area contributed by atoms with Crippen LogP contribution in [0, 0.1) is 0 Å². The lowest BCUT2D eigenvalue weighted by atomic mass is 9.98. The molecule has 3 aromatic rings. The molecule has 1 aliphatic heterocycles. The van der Waals surface area contributed by atoms with Crippen LogP contribution in [0.2, 0.25) is 0 Å². The Morgan fingerprint density at radius 2 is 1.80 bits per heavy atom. The normalized spacial score (nSPS) is 16.7. The minimum Gasteiger partial charge on any atom is -0.368 e. The number of nitrogens with two attached hydrogens (primary N) is 1. The quantitative estimate of drug-likeness (QED) is 0.164. The van der Waals surface area contributed by atoms with Gasteiger partial charge in [-0.25, -0.2) is 0 Å². The van der Waals surface area contributed by atoms with Crippen molar-refractivity contribution in [3.05, 3.63) is 70.4 Å². The van der Waals surface area contributed by atoms with Crippen molar-refractivity contribution in [3.8, 4) is 0 Å². The average Bonchev–Trinajstić information content (AvgIpc) is 3.52. The smallest absolute Gasteiger partial charge is 0.335 e. The number of benzene rings is 2. The van der Waals surface area contributed by atoms with Gasteiger partial charge in [0.15, 0.2) is 0 Å². The zero-order valence-electron chi connectivity index (χ0n) is 24.1. The standard InChI is InChI=1S/C30H37N4O7PS2/c31-28(36)24(17-20-10-11-21-6-1-2-7-22(21)16-20)33-29(37)26-9-3-4-14-34(26)30(38)25(18-43-19-42(39,40)41)32-27(35)13-12-23-8-5-15-44-23/h1-2,5-8,10-11,15-16,24-26H,3-4,9,12-14,17-19H2,(H2,31,36)(H,32,35)(H,33,37)(H2,39,40,41)/t24-,25-,26-/m0/s1. The molecular weight excluding hydrogens is 623 g/mol. The van der Waals surface area contributed by atoms with Crippen molar-refractivity contribution < 1.29 is 33.5 Å². The minimum absolute atomic E-state index is 0.0780. The van der Waals surface area contributed by atoms with Crippen LogP contribution in [0.5, 0.6) is 0 Å². The second-order valence-electron chi connectivity index (χ2n) is 10.8. The first-order valence-electron chi connectivity index (χ1n) is 14.3. The van der Waals surface area contributed by atoms with E-state index < -0.39 is 48.9 Å². The largest absolute Gasteiger partial charge is 0.368 e. The Morgan fingerprint density at radius 3 is 2.50 bits per heavy atom. The number of nitrogens with zero attached hydrogens (tertiary/aromatic N) is 1. The van der Waals surface area contributed by atoms with Crippen LogP contribution in [-0.4, -0.2) is 74.2 Å². The first-order valence-corrected chi connectivity index (χ1v) is 18.2. The highest BCUT2D eigenvalue weighted by atomic mass is 32.2. The van der Waals surface area contributed by atoms with Gasteiger partial charge in [0.05, 0.1) is 5.49 Å². The highest BCUT2D eigenvalue weighted by molar-refractivity contribution is 8.04. The summed E-state index contributed by atoms with van der Waals surface area (Å²) in [7, 11) is -4.34. The van der Waals surface area contributed by atoms with Gasteiger partial charge in [-0.15, -0.1) is 23.1 Å². The molecular formula is C30H37N4O7PS2. The molecule has 14 heteroatoms. The first kappa shape index (κ1) is 33.7. The van der Waals surface area contributed by atoms with Gasteiger partial charge in [0, 0.05) is 30.0 Å². The summed E-state index contributed by atoms with van der Waals surface area (Å²) in [5, 5.41) is 9.41. The summed E-state index contributed by atoms with van der Waals surface area (Å²) in [6.07, 6.45) is 2.47. The van der Waals surface area contributed by atoms with E-state index >= 15 is 0 Å². The summed E-state index contributed by atoms with van der Waals surface area (Å²) in [6.45, 7) is 0.257. The Morgan fingerprint density at radius 1 is 1.02 bits per heavy atom. The number of hydrogen-bond donors (Lipinski definition) is 5. The fourth-order valence-corrected chi connectivity index (χ4v) is 7.73. The molecule has 2 heterocycles. The van der Waals surface area contributed by atoms with Gasteiger partial charge >= 0.3 is 7.60 Å². The molecule has 0 saturated carbocycles. The zero-order valence-corrected chi connectivity index (χ0v) is 26.6. The number of likely N-dealkylation sites (tertiary alicyclic amines) is 1. The molecule has 0 bridgehead atoms. The maximum atomic E-state index is 13.8. The second-order valence-corrected chi connectivity index (χ2v) is 14.9. The molecule has 0 radical (unpaired) electrons. The summed E-state index contributed by atoms with van der Waals surface area (Å²) < 4.78 is 11.4. The van der Waals surface area contributed by atoms with E-state index in [1.807, 2.05) is 60.0 Å². The summed E-state index contributed by atoms with van der Waals surface area (Å²) in [5.41, 5.74) is 5.98. The summed E-state index contributed by atoms with van der Waals surface area (Å²) in [6, 6.07) is 14.3. The third-order valence-electron chi connectivity index (χ3n) is 7.36. The number of thiophene rings is 1. The molecule has 1 aliphatic rings. The van der Waals surface area contributed by atoms with Crippen LogP contribution >= 0.6 is 30.7 Å². The number of carbonyl (C=O) groups is 4. The summed E-state index contributed by atoms with van der Waals surface area (Å²) in [5.74, 6) is -2.20. The molecule has 0 aliphatic carbocycles. The predicted octanol–water partition coefficient (Wildman–Crippen LogP) is 2.78. The average molecular weight is 661 g/mol. The van der Waals surface area contributed by atoms with Crippen LogP contribution in [0.15, 0.2) is 60.0 Å². The van der Waals surface area contributed by atoms with Crippen LogP contribution < -0.4 is 16.4 Å². The minimum atomic E-state index is -4.34. The molecule has 4 rings (SSSR count). The third kappa shape index (κ3) is 9.90. The topological polar surface area (TPSA) is 179 Å². The Balaban J connectivity index is 1.45. The molecule has 44 heavy (non-hydrogen) atoms. The van der Waals surface area contributed by atoms with Crippen LogP contribution in [0.4, 0.5) is 0 Å². The molecule has 1 saturated heterocycles. The number of carbonyl (C=O) groups excluding carboxylic acids is 4. The number of fused-ring (bicyclic) bond motifs is 1. The van der Waals surface area contributed by atoms with Gasteiger partial charge in [-0.1, -0.05) is 48.5 Å². The van der Waals surface area contributed by atoms with Crippen LogP contribution in [0.1, 0.15) is 36.1 Å². The number of nitrogens with one attached hydrogen (secondary N) is 2. The van der Waals surface area contributed by atoms with E-state index in [0.717, 1.165) is 33.0 Å². The van der Waals surface area contributed by atoms with Crippen molar-refractivity contribution in [1.29, 1.82) is 0 Å². The molecule has 0 spiro atoms. The van der Waals surface area contributed by atoms with Gasteiger partial charge in [0.2, 0.25) is 23.6 Å². The Kier molecular flexibility index (Phi) is 12.0. The number of amides is 4. The molecule has 3 atom stereocenters. The van der Waals surface area contributed by atoms with E-state index in [-0.39, 0.29) is 31.0 Å². The van der Waals surface area contributed by atoms with E-state index in [9.17, 15) is 33.5 Å². The molecule has 1 aromatic heterocycles. The molecule has 4 amide bonds. The Labute approximate surface area is 264 Å². The fraction of sp³-hybridized carbons (Fsp3) is 0.400. The maximum Gasteiger partial charge on any atom is 0.335 e. The van der Waals surface area contributed by atoms with Gasteiger partial charge in [0.1, 0.15) is 18.1 Å². The molecule has 0 unspecified atom stereocenters.